The molecule has 13 heavy (non-hydrogen) atoms. The van der Waals surface area contributed by atoms with E-state index in [-0.39, 0.29) is 0 Å². The van der Waals surface area contributed by atoms with E-state index in [1.165, 1.54) is 16.7 Å². The molecule has 0 atom stereocenters. The third-order valence-electron chi connectivity index (χ3n) is 2.15. The van der Waals surface area contributed by atoms with E-state index in [2.05, 4.69) is 42.0 Å². The first-order valence-electron chi connectivity index (χ1n) is 4.34. The van der Waals surface area contributed by atoms with Gasteiger partial charge in [-0.1, -0.05) is 17.7 Å². The van der Waals surface area contributed by atoms with E-state index in [0.717, 1.165) is 5.82 Å². The van der Waals surface area contributed by atoms with Crippen LogP contribution in [0.2, 0.25) is 0 Å². The van der Waals surface area contributed by atoms with Crippen LogP contribution in [0.1, 0.15) is 11.1 Å². The third-order valence-corrected chi connectivity index (χ3v) is 2.15. The van der Waals surface area contributed by atoms with Crippen LogP contribution in [0.3, 0.4) is 0 Å². The number of aromatic amines is 1. The van der Waals surface area contributed by atoms with Crippen LogP contribution in [-0.4, -0.2) is 9.97 Å². The molecule has 2 rings (SSSR count). The van der Waals surface area contributed by atoms with Crippen LogP contribution >= 0.6 is 0 Å². The van der Waals surface area contributed by atoms with Crippen molar-refractivity contribution < 1.29 is 0 Å². The van der Waals surface area contributed by atoms with Crippen molar-refractivity contribution in [2.75, 3.05) is 0 Å². The second-order valence-corrected chi connectivity index (χ2v) is 3.26. The number of nitrogens with one attached hydrogen (secondary N) is 1. The number of hydrogen-bond donors (Lipinski definition) is 1. The summed E-state index contributed by atoms with van der Waals surface area (Å²) < 4.78 is 0. The zero-order valence-corrected chi connectivity index (χ0v) is 7.83. The number of rotatable bonds is 1. The van der Waals surface area contributed by atoms with Crippen molar-refractivity contribution in [3.8, 4) is 11.4 Å². The average molecular weight is 172 g/mol. The Balaban J connectivity index is 2.57. The molecule has 2 nitrogen and oxygen atoms in total. The summed E-state index contributed by atoms with van der Waals surface area (Å²) in [4.78, 5) is 7.34. The fourth-order valence-electron chi connectivity index (χ4n) is 1.40. The van der Waals surface area contributed by atoms with Crippen LogP contribution in [0.4, 0.5) is 0 Å². The molecule has 1 aromatic heterocycles. The molecule has 0 saturated heterocycles. The SMILES string of the molecule is Cc1ccc(C)c(-c2ncc[nH]2)c1. The Morgan fingerprint density at radius 1 is 1.23 bits per heavy atom. The molecule has 0 radical (unpaired) electrons. The lowest BCUT2D eigenvalue weighted by atomic mass is 10.1. The van der Waals surface area contributed by atoms with Crippen molar-refractivity contribution >= 4 is 0 Å². The van der Waals surface area contributed by atoms with Gasteiger partial charge in [0.15, 0.2) is 0 Å². The molecule has 2 heteroatoms. The van der Waals surface area contributed by atoms with Gasteiger partial charge < -0.3 is 4.98 Å². The summed E-state index contributed by atoms with van der Waals surface area (Å²) in [6.07, 6.45) is 3.62. The van der Waals surface area contributed by atoms with Gasteiger partial charge in [0.25, 0.3) is 0 Å². The van der Waals surface area contributed by atoms with E-state index >= 15 is 0 Å². The Labute approximate surface area is 77.6 Å². The highest BCUT2D eigenvalue weighted by molar-refractivity contribution is 5.60. The number of hydrogen-bond acceptors (Lipinski definition) is 1. The van der Waals surface area contributed by atoms with Gasteiger partial charge in [0, 0.05) is 18.0 Å². The number of aryl methyl sites for hydroxylation is 2. The van der Waals surface area contributed by atoms with Gasteiger partial charge >= 0.3 is 0 Å². The maximum atomic E-state index is 4.23. The minimum absolute atomic E-state index is 0.946. The van der Waals surface area contributed by atoms with E-state index in [4.69, 9.17) is 0 Å². The Morgan fingerprint density at radius 2 is 2.08 bits per heavy atom. The van der Waals surface area contributed by atoms with E-state index in [1.807, 2.05) is 6.20 Å². The topological polar surface area (TPSA) is 28.7 Å². The normalized spacial score (nSPS) is 10.3. The van der Waals surface area contributed by atoms with Crippen LogP contribution in [-0.2, 0) is 0 Å². The zero-order chi connectivity index (χ0) is 9.26. The van der Waals surface area contributed by atoms with Gasteiger partial charge in [0.05, 0.1) is 0 Å². The fourth-order valence-corrected chi connectivity index (χ4v) is 1.40. The number of aromatic nitrogens is 2. The molecule has 2 aromatic rings. The van der Waals surface area contributed by atoms with Crippen LogP contribution in [0.15, 0.2) is 30.6 Å². The molecule has 0 saturated carbocycles. The highest BCUT2D eigenvalue weighted by Gasteiger charge is 2.02. The summed E-state index contributed by atoms with van der Waals surface area (Å²) in [6, 6.07) is 6.38. The maximum absolute atomic E-state index is 4.23. The Bertz CT molecular complexity index is 402. The highest BCUT2D eigenvalue weighted by atomic mass is 14.9. The smallest absolute Gasteiger partial charge is 0.137 e. The summed E-state index contributed by atoms with van der Waals surface area (Å²) in [7, 11) is 0. The van der Waals surface area contributed by atoms with Gasteiger partial charge in [-0.2, -0.15) is 0 Å². The minimum atomic E-state index is 0.946. The van der Waals surface area contributed by atoms with Crippen LogP contribution in [0, 0.1) is 13.8 Å². The minimum Gasteiger partial charge on any atom is -0.345 e. The van der Waals surface area contributed by atoms with Crippen LogP contribution in [0.25, 0.3) is 11.4 Å². The summed E-state index contributed by atoms with van der Waals surface area (Å²) in [5.74, 6) is 0.946. The first-order valence-corrected chi connectivity index (χ1v) is 4.34. The first kappa shape index (κ1) is 8.05. The summed E-state index contributed by atoms with van der Waals surface area (Å²) in [5, 5.41) is 0. The van der Waals surface area contributed by atoms with Crippen molar-refractivity contribution in [1.29, 1.82) is 0 Å². The summed E-state index contributed by atoms with van der Waals surface area (Å²) in [6.45, 7) is 4.18. The first-order chi connectivity index (χ1) is 6.27. The molecule has 0 spiro atoms. The molecular weight excluding hydrogens is 160 g/mol. The third kappa shape index (κ3) is 1.47. The van der Waals surface area contributed by atoms with Gasteiger partial charge in [-0.15, -0.1) is 0 Å². The number of benzene rings is 1. The van der Waals surface area contributed by atoms with E-state index < -0.39 is 0 Å². The Morgan fingerprint density at radius 3 is 2.77 bits per heavy atom. The van der Waals surface area contributed by atoms with Gasteiger partial charge in [0.2, 0.25) is 0 Å². The maximum Gasteiger partial charge on any atom is 0.137 e. The molecule has 1 heterocycles. The number of nitrogens with zero attached hydrogens (tertiary/aromatic N) is 1. The van der Waals surface area contributed by atoms with Gasteiger partial charge in [-0.3, -0.25) is 0 Å². The molecule has 1 N–H and O–H groups in total. The molecule has 0 fully saturated rings. The number of imidazole rings is 1. The van der Waals surface area contributed by atoms with Crippen molar-refractivity contribution in [3.63, 3.8) is 0 Å². The molecule has 0 unspecified atom stereocenters. The monoisotopic (exact) mass is 172 g/mol. The largest absolute Gasteiger partial charge is 0.345 e. The van der Waals surface area contributed by atoms with Crippen molar-refractivity contribution in [3.05, 3.63) is 41.7 Å². The Kier molecular flexibility index (Phi) is 1.89. The van der Waals surface area contributed by atoms with Gasteiger partial charge in [-0.25, -0.2) is 4.98 Å². The van der Waals surface area contributed by atoms with Crippen molar-refractivity contribution in [1.82, 2.24) is 9.97 Å². The molecule has 1 aromatic carbocycles. The van der Waals surface area contributed by atoms with Crippen LogP contribution in [0.5, 0.6) is 0 Å². The molecule has 66 valence electrons. The van der Waals surface area contributed by atoms with Crippen molar-refractivity contribution in [2.45, 2.75) is 13.8 Å². The van der Waals surface area contributed by atoms with Gasteiger partial charge in [-0.05, 0) is 25.5 Å². The van der Waals surface area contributed by atoms with Crippen molar-refractivity contribution in [2.24, 2.45) is 0 Å². The van der Waals surface area contributed by atoms with Gasteiger partial charge in [0.1, 0.15) is 5.82 Å². The van der Waals surface area contributed by atoms with E-state index in [9.17, 15) is 0 Å². The van der Waals surface area contributed by atoms with Crippen LogP contribution < -0.4 is 0 Å². The fraction of sp³-hybridized carbons (Fsp3) is 0.182. The molecule has 0 aliphatic carbocycles. The van der Waals surface area contributed by atoms with E-state index in [0.29, 0.717) is 0 Å². The summed E-state index contributed by atoms with van der Waals surface area (Å²) >= 11 is 0. The molecule has 0 amide bonds. The Hall–Kier alpha value is -1.57. The highest BCUT2D eigenvalue weighted by Crippen LogP contribution is 2.20. The molecular formula is C11H12N2. The second kappa shape index (κ2) is 3.05. The predicted octanol–water partition coefficient (Wildman–Crippen LogP) is 2.69. The lowest BCUT2D eigenvalue weighted by molar-refractivity contribution is 1.27. The van der Waals surface area contributed by atoms with E-state index in [1.54, 1.807) is 6.20 Å². The quantitative estimate of drug-likeness (QED) is 0.704. The molecule has 0 aliphatic heterocycles. The lowest BCUT2D eigenvalue weighted by Gasteiger charge is -2.03. The lowest BCUT2D eigenvalue weighted by Crippen LogP contribution is -1.86. The molecule has 0 bridgehead atoms. The standard InChI is InChI=1S/C11H12N2/c1-8-3-4-9(2)10(7-8)11-12-5-6-13-11/h3-7H,1-2H3,(H,12,13). The molecule has 0 aliphatic rings. The zero-order valence-electron chi connectivity index (χ0n) is 7.83. The number of H-pyrrole nitrogens is 1. The summed E-state index contributed by atoms with van der Waals surface area (Å²) in [5.41, 5.74) is 3.70. The predicted molar refractivity (Wildman–Crippen MR) is 53.5 cm³/mol. The second-order valence-electron chi connectivity index (χ2n) is 3.26. The average Bonchev–Trinajstić information content (AvgIpc) is 2.61.